The summed E-state index contributed by atoms with van der Waals surface area (Å²) < 4.78 is 40.1. The molecule has 35 heavy (non-hydrogen) atoms. The summed E-state index contributed by atoms with van der Waals surface area (Å²) in [7, 11) is -4.22. The Morgan fingerprint density at radius 1 is 0.971 bits per heavy atom. The molecule has 0 fully saturated rings. The number of fused-ring (bicyclic) bond motifs is 3. The molecule has 0 bridgehead atoms. The van der Waals surface area contributed by atoms with Crippen LogP contribution in [0.1, 0.15) is 47.0 Å². The normalized spacial score (nSPS) is 13.4. The molecular formula is C28H27NO5S. The summed E-state index contributed by atoms with van der Waals surface area (Å²) in [5, 5.41) is 0.862. The van der Waals surface area contributed by atoms with Crippen molar-refractivity contribution in [3.63, 3.8) is 0 Å². The molecule has 1 aliphatic rings. The maximum atomic E-state index is 13.9. The van der Waals surface area contributed by atoms with Crippen LogP contribution >= 0.6 is 0 Å². The molecule has 4 aromatic rings. The summed E-state index contributed by atoms with van der Waals surface area (Å²) >= 11 is 0. The van der Waals surface area contributed by atoms with Crippen molar-refractivity contribution in [1.29, 1.82) is 0 Å². The first-order valence-corrected chi connectivity index (χ1v) is 13.3. The highest BCUT2D eigenvalue weighted by molar-refractivity contribution is 7.93. The first kappa shape index (κ1) is 23.2. The van der Waals surface area contributed by atoms with Gasteiger partial charge < -0.3 is 9.15 Å². The van der Waals surface area contributed by atoms with Crippen molar-refractivity contribution < 1.29 is 22.4 Å². The maximum Gasteiger partial charge on any atom is 0.272 e. The second-order valence-electron chi connectivity index (χ2n) is 8.74. The van der Waals surface area contributed by atoms with Crippen LogP contribution in [0.4, 0.5) is 5.69 Å². The molecule has 0 aliphatic heterocycles. The molecule has 1 heterocycles. The first-order chi connectivity index (χ1) is 16.9. The van der Waals surface area contributed by atoms with E-state index in [1.807, 2.05) is 13.8 Å². The van der Waals surface area contributed by atoms with Gasteiger partial charge in [0.1, 0.15) is 17.1 Å². The van der Waals surface area contributed by atoms with Crippen LogP contribution in [0.5, 0.6) is 5.75 Å². The second kappa shape index (κ2) is 9.23. The van der Waals surface area contributed by atoms with Crippen molar-refractivity contribution >= 4 is 32.6 Å². The van der Waals surface area contributed by atoms with E-state index in [1.54, 1.807) is 54.6 Å². The van der Waals surface area contributed by atoms with Crippen LogP contribution in [0.15, 0.2) is 76.0 Å². The molecule has 7 heteroatoms. The fourth-order valence-corrected chi connectivity index (χ4v) is 5.94. The Hall–Kier alpha value is -3.58. The molecule has 0 N–H and O–H groups in total. The quantitative estimate of drug-likeness (QED) is 0.329. The van der Waals surface area contributed by atoms with E-state index >= 15 is 0 Å². The summed E-state index contributed by atoms with van der Waals surface area (Å²) in [6, 6.07) is 18.2. The number of sulfonamides is 1. The number of hydrogen-bond acceptors (Lipinski definition) is 5. The number of carbonyl (C=O) groups excluding carboxylic acids is 1. The maximum absolute atomic E-state index is 13.9. The number of hydrogen-bond donors (Lipinski definition) is 0. The zero-order valence-electron chi connectivity index (χ0n) is 19.8. The fourth-order valence-electron chi connectivity index (χ4n) is 4.54. The van der Waals surface area contributed by atoms with Crippen LogP contribution < -0.4 is 9.04 Å². The van der Waals surface area contributed by atoms with Gasteiger partial charge in [-0.05, 0) is 87.7 Å². The summed E-state index contributed by atoms with van der Waals surface area (Å²) in [4.78, 5) is 13.7. The van der Waals surface area contributed by atoms with Gasteiger partial charge in [-0.1, -0.05) is 17.7 Å². The Morgan fingerprint density at radius 2 is 1.69 bits per heavy atom. The third-order valence-electron chi connectivity index (χ3n) is 6.33. The summed E-state index contributed by atoms with van der Waals surface area (Å²) in [5.41, 5.74) is 3.37. The Balaban J connectivity index is 1.65. The van der Waals surface area contributed by atoms with E-state index in [0.29, 0.717) is 23.5 Å². The van der Waals surface area contributed by atoms with Gasteiger partial charge in [0.05, 0.1) is 17.2 Å². The van der Waals surface area contributed by atoms with E-state index in [-0.39, 0.29) is 10.6 Å². The minimum Gasteiger partial charge on any atom is -0.494 e. The van der Waals surface area contributed by atoms with Crippen LogP contribution in [0.3, 0.4) is 0 Å². The topological polar surface area (TPSA) is 76.8 Å². The Labute approximate surface area is 205 Å². The van der Waals surface area contributed by atoms with Crippen molar-refractivity contribution in [2.24, 2.45) is 0 Å². The molecule has 1 amide bonds. The van der Waals surface area contributed by atoms with Gasteiger partial charge in [0.2, 0.25) is 0 Å². The molecule has 6 nitrogen and oxygen atoms in total. The van der Waals surface area contributed by atoms with E-state index in [0.717, 1.165) is 52.3 Å². The fraction of sp³-hybridized carbons (Fsp3) is 0.250. The van der Waals surface area contributed by atoms with Crippen LogP contribution in [0.25, 0.3) is 11.0 Å². The molecule has 5 rings (SSSR count). The number of carbonyl (C=O) groups is 1. The van der Waals surface area contributed by atoms with E-state index in [9.17, 15) is 13.2 Å². The highest BCUT2D eigenvalue weighted by Crippen LogP contribution is 2.36. The Morgan fingerprint density at radius 3 is 2.40 bits per heavy atom. The third kappa shape index (κ3) is 4.32. The van der Waals surface area contributed by atoms with Gasteiger partial charge in [-0.15, -0.1) is 0 Å². The van der Waals surface area contributed by atoms with Crippen molar-refractivity contribution in [1.82, 2.24) is 0 Å². The lowest BCUT2D eigenvalue weighted by atomic mass is 9.96. The molecule has 0 radical (unpaired) electrons. The molecule has 0 atom stereocenters. The molecular weight excluding hydrogens is 462 g/mol. The van der Waals surface area contributed by atoms with E-state index in [2.05, 4.69) is 0 Å². The molecule has 3 aromatic carbocycles. The number of anilines is 1. The van der Waals surface area contributed by atoms with Crippen molar-refractivity contribution in [3.05, 3.63) is 89.2 Å². The lowest BCUT2D eigenvalue weighted by Gasteiger charge is -2.23. The molecule has 0 saturated carbocycles. The number of nitrogens with zero attached hydrogens (tertiary/aromatic N) is 1. The lowest BCUT2D eigenvalue weighted by Crippen LogP contribution is -2.37. The smallest absolute Gasteiger partial charge is 0.272 e. The SMILES string of the molecule is CCOc1ccc(S(=O)(=O)N(C(=O)c2ccc(C)cc2)c2ccc3oc4c(c3c2)CCCC4)cc1. The summed E-state index contributed by atoms with van der Waals surface area (Å²) in [5.74, 6) is 0.902. The van der Waals surface area contributed by atoms with Gasteiger partial charge in [-0.25, -0.2) is 8.42 Å². The molecule has 1 aliphatic carbocycles. The number of ether oxygens (including phenoxy) is 1. The number of amides is 1. The minimum atomic E-state index is -4.22. The average Bonchev–Trinajstić information content (AvgIpc) is 3.23. The molecule has 0 spiro atoms. The van der Waals surface area contributed by atoms with Gasteiger partial charge in [0.25, 0.3) is 15.9 Å². The van der Waals surface area contributed by atoms with Crippen LogP contribution in [-0.2, 0) is 22.9 Å². The van der Waals surface area contributed by atoms with Crippen LogP contribution in [0.2, 0.25) is 0 Å². The number of furan rings is 1. The predicted octanol–water partition coefficient (Wildman–Crippen LogP) is 6.05. The number of benzene rings is 3. The van der Waals surface area contributed by atoms with Crippen molar-refractivity contribution in [3.8, 4) is 5.75 Å². The van der Waals surface area contributed by atoms with Gasteiger partial charge in [0, 0.05) is 22.9 Å². The Bertz CT molecular complexity index is 1490. The number of aryl methyl sites for hydroxylation is 3. The Kier molecular flexibility index (Phi) is 6.11. The standard InChI is InChI=1S/C28H27NO5S/c1-3-33-22-13-15-23(16-14-22)35(31,32)29(28(30)20-10-8-19(2)9-11-20)21-12-17-27-25(18-21)24-6-4-5-7-26(24)34-27/h8-18H,3-7H2,1-2H3. The largest absolute Gasteiger partial charge is 0.494 e. The van der Waals surface area contributed by atoms with Gasteiger partial charge in [-0.3, -0.25) is 4.79 Å². The molecule has 180 valence electrons. The van der Waals surface area contributed by atoms with Crippen molar-refractivity contribution in [2.45, 2.75) is 44.4 Å². The van der Waals surface area contributed by atoms with Gasteiger partial charge >= 0.3 is 0 Å². The van der Waals surface area contributed by atoms with E-state index in [1.165, 1.54) is 12.1 Å². The highest BCUT2D eigenvalue weighted by atomic mass is 32.2. The minimum absolute atomic E-state index is 0.00994. The predicted molar refractivity (Wildman–Crippen MR) is 136 cm³/mol. The summed E-state index contributed by atoms with van der Waals surface area (Å²) in [6.45, 7) is 4.25. The first-order valence-electron chi connectivity index (χ1n) is 11.8. The summed E-state index contributed by atoms with van der Waals surface area (Å²) in [6.07, 6.45) is 3.88. The molecule has 0 saturated heterocycles. The van der Waals surface area contributed by atoms with Gasteiger partial charge in [-0.2, -0.15) is 4.31 Å². The van der Waals surface area contributed by atoms with Crippen molar-refractivity contribution in [2.75, 3.05) is 10.9 Å². The van der Waals surface area contributed by atoms with Gasteiger partial charge in [0.15, 0.2) is 0 Å². The highest BCUT2D eigenvalue weighted by Gasteiger charge is 2.33. The molecule has 0 unspecified atom stereocenters. The monoisotopic (exact) mass is 489 g/mol. The second-order valence-corrected chi connectivity index (χ2v) is 10.5. The zero-order chi connectivity index (χ0) is 24.6. The zero-order valence-corrected chi connectivity index (χ0v) is 20.6. The molecule has 1 aromatic heterocycles. The van der Waals surface area contributed by atoms with Crippen LogP contribution in [-0.4, -0.2) is 20.9 Å². The third-order valence-corrected chi connectivity index (χ3v) is 8.05. The van der Waals surface area contributed by atoms with E-state index in [4.69, 9.17) is 9.15 Å². The van der Waals surface area contributed by atoms with E-state index < -0.39 is 15.9 Å². The van der Waals surface area contributed by atoms with Crippen LogP contribution in [0, 0.1) is 6.92 Å². The lowest BCUT2D eigenvalue weighted by molar-refractivity contribution is 0.101. The number of rotatable bonds is 6. The average molecular weight is 490 g/mol.